The maximum atomic E-state index is 12.8. The number of halogens is 1. The standard InChI is InChI=1S/C36H31ClN4OS/c37-33-28(40-35(42)22-5-2-1-3-6-22)7-4-8-31(33)43-30-12-9-23-19-29(25-10-11-26(30)32(23)25)41-17-14-36(15-18-41)20-24-13-16-39-21-27(24)34(36)38/h1-13,16,21,34H,14-15,17-20,38H2,(H,40,42). The molecule has 214 valence electrons. The summed E-state index contributed by atoms with van der Waals surface area (Å²) in [7, 11) is 0. The van der Waals surface area contributed by atoms with Crippen LogP contribution >= 0.6 is 23.4 Å². The van der Waals surface area contributed by atoms with E-state index < -0.39 is 0 Å². The number of hydrogen-bond acceptors (Lipinski definition) is 5. The van der Waals surface area contributed by atoms with E-state index >= 15 is 0 Å². The number of nitrogens with zero attached hydrogens (tertiary/aromatic N) is 2. The molecule has 4 aromatic rings. The van der Waals surface area contributed by atoms with Crippen LogP contribution in [0.4, 0.5) is 5.69 Å². The van der Waals surface area contributed by atoms with Gasteiger partial charge in [0.05, 0.1) is 10.7 Å². The number of anilines is 1. The number of rotatable bonds is 5. The minimum Gasteiger partial charge on any atom is -0.374 e. The van der Waals surface area contributed by atoms with Gasteiger partial charge in [-0.05, 0) is 88.9 Å². The van der Waals surface area contributed by atoms with Crippen molar-refractivity contribution in [2.24, 2.45) is 11.1 Å². The number of hydrogen-bond donors (Lipinski definition) is 2. The fraction of sp³-hybridized carbons (Fsp3) is 0.222. The predicted molar refractivity (Wildman–Crippen MR) is 174 cm³/mol. The second kappa shape index (κ2) is 10.4. The third kappa shape index (κ3) is 4.43. The summed E-state index contributed by atoms with van der Waals surface area (Å²) in [5.41, 5.74) is 17.6. The second-order valence-corrected chi connectivity index (χ2v) is 13.5. The molecule has 1 spiro atoms. The molecule has 2 heterocycles. The van der Waals surface area contributed by atoms with Gasteiger partial charge in [0, 0.05) is 64.6 Å². The van der Waals surface area contributed by atoms with Gasteiger partial charge in [-0.15, -0.1) is 0 Å². The van der Waals surface area contributed by atoms with Crippen LogP contribution in [-0.2, 0) is 12.8 Å². The maximum absolute atomic E-state index is 12.8. The Labute approximate surface area is 260 Å². The van der Waals surface area contributed by atoms with E-state index in [1.165, 1.54) is 44.0 Å². The van der Waals surface area contributed by atoms with Crippen LogP contribution in [0.5, 0.6) is 0 Å². The predicted octanol–water partition coefficient (Wildman–Crippen LogP) is 7.77. The van der Waals surface area contributed by atoms with Crippen LogP contribution in [-0.4, -0.2) is 28.9 Å². The number of pyridine rings is 1. The van der Waals surface area contributed by atoms with Crippen molar-refractivity contribution in [3.63, 3.8) is 0 Å². The number of piperidine rings is 1. The van der Waals surface area contributed by atoms with Gasteiger partial charge in [0.25, 0.3) is 5.91 Å². The molecule has 3 aromatic carbocycles. The SMILES string of the molecule is NC1c2cnccc2CC12CCN(C1=C3C=Cc4c(Sc5cccc(NC(=O)c6ccccc6)c5Cl)ccc(c43)C1)CC2. The van der Waals surface area contributed by atoms with Crippen molar-refractivity contribution in [1.29, 1.82) is 0 Å². The molecule has 0 radical (unpaired) electrons. The summed E-state index contributed by atoms with van der Waals surface area (Å²) in [6.07, 6.45) is 12.7. The molecule has 1 saturated heterocycles. The van der Waals surface area contributed by atoms with Crippen molar-refractivity contribution in [2.75, 3.05) is 18.4 Å². The summed E-state index contributed by atoms with van der Waals surface area (Å²) < 4.78 is 0. The number of nitrogens with one attached hydrogen (secondary N) is 1. The summed E-state index contributed by atoms with van der Waals surface area (Å²) in [6.45, 7) is 2.06. The molecule has 7 heteroatoms. The smallest absolute Gasteiger partial charge is 0.255 e. The lowest BCUT2D eigenvalue weighted by molar-refractivity contribution is 0.102. The van der Waals surface area contributed by atoms with Crippen LogP contribution in [0.3, 0.4) is 0 Å². The molecule has 43 heavy (non-hydrogen) atoms. The fourth-order valence-corrected chi connectivity index (χ4v) is 8.70. The third-order valence-corrected chi connectivity index (χ3v) is 11.4. The number of benzene rings is 3. The van der Waals surface area contributed by atoms with Crippen molar-refractivity contribution in [3.05, 3.63) is 129 Å². The van der Waals surface area contributed by atoms with E-state index in [2.05, 4.69) is 45.6 Å². The van der Waals surface area contributed by atoms with Gasteiger partial charge in [-0.3, -0.25) is 9.78 Å². The van der Waals surface area contributed by atoms with Crippen molar-refractivity contribution in [2.45, 2.75) is 41.5 Å². The second-order valence-electron chi connectivity index (χ2n) is 12.0. The molecule has 3 aliphatic carbocycles. The van der Waals surface area contributed by atoms with Crippen LogP contribution in [0.1, 0.15) is 57.1 Å². The van der Waals surface area contributed by atoms with E-state index in [1.807, 2.05) is 48.8 Å². The van der Waals surface area contributed by atoms with Gasteiger partial charge < -0.3 is 16.0 Å². The first-order valence-electron chi connectivity index (χ1n) is 14.8. The molecule has 1 unspecified atom stereocenters. The lowest BCUT2D eigenvalue weighted by Gasteiger charge is -2.43. The Kier molecular flexibility index (Phi) is 6.48. The number of aromatic nitrogens is 1. The fourth-order valence-electron chi connectivity index (χ4n) is 7.41. The van der Waals surface area contributed by atoms with E-state index in [9.17, 15) is 4.79 Å². The Hall–Kier alpha value is -3.84. The molecule has 4 aliphatic rings. The Morgan fingerprint density at radius 2 is 1.81 bits per heavy atom. The van der Waals surface area contributed by atoms with Crippen LogP contribution in [0.25, 0.3) is 11.6 Å². The third-order valence-electron chi connectivity index (χ3n) is 9.74. The number of carbonyl (C=O) groups is 1. The first kappa shape index (κ1) is 26.8. The molecular weight excluding hydrogens is 572 g/mol. The summed E-state index contributed by atoms with van der Waals surface area (Å²) >= 11 is 8.50. The Morgan fingerprint density at radius 3 is 2.63 bits per heavy atom. The quantitative estimate of drug-likeness (QED) is 0.244. The zero-order chi connectivity index (χ0) is 29.1. The molecular formula is C36H31ClN4OS. The summed E-state index contributed by atoms with van der Waals surface area (Å²) in [5.74, 6) is -0.175. The van der Waals surface area contributed by atoms with E-state index in [-0.39, 0.29) is 17.4 Å². The highest BCUT2D eigenvalue weighted by Crippen LogP contribution is 2.53. The molecule has 1 atom stereocenters. The van der Waals surface area contributed by atoms with E-state index in [0.29, 0.717) is 16.3 Å². The summed E-state index contributed by atoms with van der Waals surface area (Å²) in [4.78, 5) is 21.8. The van der Waals surface area contributed by atoms with Gasteiger partial charge in [0.2, 0.25) is 0 Å². The molecule has 1 amide bonds. The lowest BCUT2D eigenvalue weighted by atomic mass is 9.73. The first-order chi connectivity index (χ1) is 21.0. The first-order valence-corrected chi connectivity index (χ1v) is 16.0. The molecule has 5 nitrogen and oxygen atoms in total. The maximum Gasteiger partial charge on any atom is 0.255 e. The largest absolute Gasteiger partial charge is 0.374 e. The van der Waals surface area contributed by atoms with Crippen molar-refractivity contribution >= 4 is 46.6 Å². The average Bonchev–Trinajstić information content (AvgIpc) is 3.72. The molecule has 3 N–H and O–H groups in total. The van der Waals surface area contributed by atoms with Crippen molar-refractivity contribution < 1.29 is 4.79 Å². The number of amides is 1. The van der Waals surface area contributed by atoms with Crippen LogP contribution in [0.2, 0.25) is 5.02 Å². The zero-order valence-corrected chi connectivity index (χ0v) is 25.2. The molecule has 0 saturated carbocycles. The monoisotopic (exact) mass is 602 g/mol. The van der Waals surface area contributed by atoms with Crippen LogP contribution < -0.4 is 11.1 Å². The summed E-state index contributed by atoms with van der Waals surface area (Å²) in [5, 5.41) is 3.53. The van der Waals surface area contributed by atoms with Crippen molar-refractivity contribution in [3.8, 4) is 0 Å². The number of fused-ring (bicyclic) bond motifs is 1. The minimum absolute atomic E-state index is 0.0753. The molecule has 0 bridgehead atoms. The van der Waals surface area contributed by atoms with Crippen LogP contribution in [0.15, 0.2) is 101 Å². The zero-order valence-electron chi connectivity index (χ0n) is 23.6. The molecule has 1 fully saturated rings. The van der Waals surface area contributed by atoms with Gasteiger partial charge >= 0.3 is 0 Å². The highest BCUT2D eigenvalue weighted by atomic mass is 35.5. The number of nitrogens with two attached hydrogens (primary N) is 1. The van der Waals surface area contributed by atoms with E-state index in [4.69, 9.17) is 17.3 Å². The minimum atomic E-state index is -0.175. The number of allylic oxidation sites excluding steroid dienone is 3. The highest BCUT2D eigenvalue weighted by Gasteiger charge is 2.46. The van der Waals surface area contributed by atoms with Gasteiger partial charge in [0.15, 0.2) is 0 Å². The summed E-state index contributed by atoms with van der Waals surface area (Å²) in [6, 6.07) is 21.7. The van der Waals surface area contributed by atoms with Gasteiger partial charge in [-0.2, -0.15) is 0 Å². The molecule has 1 aliphatic heterocycles. The highest BCUT2D eigenvalue weighted by molar-refractivity contribution is 7.99. The van der Waals surface area contributed by atoms with Crippen molar-refractivity contribution in [1.82, 2.24) is 9.88 Å². The van der Waals surface area contributed by atoms with Gasteiger partial charge in [0.1, 0.15) is 0 Å². The Balaban J connectivity index is 1.01. The van der Waals surface area contributed by atoms with Gasteiger partial charge in [-0.25, -0.2) is 0 Å². The Bertz CT molecular complexity index is 1840. The topological polar surface area (TPSA) is 71.2 Å². The average molecular weight is 603 g/mol. The number of likely N-dealkylation sites (tertiary alicyclic amines) is 1. The van der Waals surface area contributed by atoms with E-state index in [0.717, 1.165) is 43.7 Å². The normalized spacial score (nSPS) is 19.2. The molecule has 8 rings (SSSR count). The van der Waals surface area contributed by atoms with E-state index in [1.54, 1.807) is 23.9 Å². The van der Waals surface area contributed by atoms with Gasteiger partial charge in [-0.1, -0.05) is 65.8 Å². The van der Waals surface area contributed by atoms with Crippen LogP contribution in [0, 0.1) is 5.41 Å². The Morgan fingerprint density at radius 1 is 0.977 bits per heavy atom. The molecule has 1 aromatic heterocycles. The number of carbonyl (C=O) groups excluding carboxylic acids is 1. The lowest BCUT2D eigenvalue weighted by Crippen LogP contribution is -2.44.